The fourth-order valence-electron chi connectivity index (χ4n) is 3.05. The largest absolute Gasteiger partial charge is 0.484 e. The molecule has 1 saturated heterocycles. The second-order valence-corrected chi connectivity index (χ2v) is 6.43. The number of carbonyl (C=O) groups excluding carboxylic acids is 1. The van der Waals surface area contributed by atoms with Gasteiger partial charge in [-0.3, -0.25) is 9.69 Å². The molecule has 0 atom stereocenters. The van der Waals surface area contributed by atoms with Gasteiger partial charge in [0.15, 0.2) is 6.61 Å². The van der Waals surface area contributed by atoms with E-state index >= 15 is 0 Å². The zero-order valence-corrected chi connectivity index (χ0v) is 14.9. The molecule has 0 N–H and O–H groups in total. The van der Waals surface area contributed by atoms with Gasteiger partial charge in [-0.2, -0.15) is 0 Å². The van der Waals surface area contributed by atoms with E-state index in [-0.39, 0.29) is 12.5 Å². The Morgan fingerprint density at radius 2 is 1.60 bits per heavy atom. The zero-order chi connectivity index (χ0) is 17.5. The minimum absolute atomic E-state index is 0.0685. The first-order chi connectivity index (χ1) is 12.2. The Morgan fingerprint density at radius 3 is 2.24 bits per heavy atom. The lowest BCUT2D eigenvalue weighted by atomic mass is 10.2. The van der Waals surface area contributed by atoms with Crippen LogP contribution in [0.2, 0.25) is 0 Å². The summed E-state index contributed by atoms with van der Waals surface area (Å²) in [4.78, 5) is 16.6. The van der Waals surface area contributed by atoms with Crippen molar-refractivity contribution in [3.05, 3.63) is 65.7 Å². The van der Waals surface area contributed by atoms with Gasteiger partial charge in [-0.15, -0.1) is 0 Å². The molecular weight excluding hydrogens is 312 g/mol. The highest BCUT2D eigenvalue weighted by molar-refractivity contribution is 5.77. The van der Waals surface area contributed by atoms with Crippen molar-refractivity contribution >= 4 is 5.91 Å². The quantitative estimate of drug-likeness (QED) is 0.812. The summed E-state index contributed by atoms with van der Waals surface area (Å²) in [5, 5.41) is 0. The Hall–Kier alpha value is -2.33. The summed E-state index contributed by atoms with van der Waals surface area (Å²) in [7, 11) is 0. The summed E-state index contributed by atoms with van der Waals surface area (Å²) in [6, 6.07) is 18.4. The molecule has 0 aromatic heterocycles. The highest BCUT2D eigenvalue weighted by Crippen LogP contribution is 2.13. The normalized spacial score (nSPS) is 15.2. The van der Waals surface area contributed by atoms with E-state index in [1.165, 1.54) is 11.1 Å². The maximum atomic E-state index is 12.3. The standard InChI is InChI=1S/C21H26N2O2/c1-2-18-8-10-20(11-9-18)25-17-21(24)23-14-12-22(13-15-23)16-19-6-4-3-5-7-19/h3-11H,2,12-17H2,1H3. The van der Waals surface area contributed by atoms with E-state index < -0.39 is 0 Å². The SMILES string of the molecule is CCc1ccc(OCC(=O)N2CCN(Cc3ccccc3)CC2)cc1. The van der Waals surface area contributed by atoms with Crippen LogP contribution in [0, 0.1) is 0 Å². The Kier molecular flexibility index (Phi) is 6.07. The maximum Gasteiger partial charge on any atom is 0.260 e. The zero-order valence-electron chi connectivity index (χ0n) is 14.9. The number of aryl methyl sites for hydroxylation is 1. The molecule has 1 aliphatic rings. The highest BCUT2D eigenvalue weighted by Gasteiger charge is 2.21. The van der Waals surface area contributed by atoms with Gasteiger partial charge >= 0.3 is 0 Å². The topological polar surface area (TPSA) is 32.8 Å². The molecule has 1 aliphatic heterocycles. The number of amides is 1. The molecule has 1 heterocycles. The molecule has 132 valence electrons. The fourth-order valence-corrected chi connectivity index (χ4v) is 3.05. The van der Waals surface area contributed by atoms with Gasteiger partial charge in [-0.25, -0.2) is 0 Å². The third kappa shape index (κ3) is 5.07. The Morgan fingerprint density at radius 1 is 0.920 bits per heavy atom. The van der Waals surface area contributed by atoms with Gasteiger partial charge in [0.25, 0.3) is 5.91 Å². The van der Waals surface area contributed by atoms with E-state index in [2.05, 4.69) is 36.1 Å². The van der Waals surface area contributed by atoms with E-state index in [0.29, 0.717) is 0 Å². The molecule has 2 aromatic carbocycles. The van der Waals surface area contributed by atoms with Gasteiger partial charge < -0.3 is 9.64 Å². The van der Waals surface area contributed by atoms with E-state index in [0.717, 1.165) is 44.9 Å². The van der Waals surface area contributed by atoms with Crippen LogP contribution < -0.4 is 4.74 Å². The average molecular weight is 338 g/mol. The smallest absolute Gasteiger partial charge is 0.260 e. The lowest BCUT2D eigenvalue weighted by molar-refractivity contribution is -0.135. The summed E-state index contributed by atoms with van der Waals surface area (Å²) in [5.74, 6) is 0.826. The lowest BCUT2D eigenvalue weighted by Crippen LogP contribution is -2.49. The Labute approximate surface area is 150 Å². The molecule has 0 spiro atoms. The minimum Gasteiger partial charge on any atom is -0.484 e. The van der Waals surface area contributed by atoms with Crippen LogP contribution in [0.25, 0.3) is 0 Å². The summed E-state index contributed by atoms with van der Waals surface area (Å²) >= 11 is 0. The van der Waals surface area contributed by atoms with Crippen molar-refractivity contribution in [2.45, 2.75) is 19.9 Å². The maximum absolute atomic E-state index is 12.3. The lowest BCUT2D eigenvalue weighted by Gasteiger charge is -2.34. The van der Waals surface area contributed by atoms with Crippen molar-refractivity contribution in [1.82, 2.24) is 9.80 Å². The molecule has 0 unspecified atom stereocenters. The van der Waals surface area contributed by atoms with Crippen molar-refractivity contribution in [1.29, 1.82) is 0 Å². The number of hydrogen-bond acceptors (Lipinski definition) is 3. The first-order valence-corrected chi connectivity index (χ1v) is 9.00. The van der Waals surface area contributed by atoms with Crippen molar-refractivity contribution in [2.24, 2.45) is 0 Å². The molecule has 4 nitrogen and oxygen atoms in total. The van der Waals surface area contributed by atoms with Crippen LogP contribution in [0.1, 0.15) is 18.1 Å². The third-order valence-electron chi connectivity index (χ3n) is 4.67. The van der Waals surface area contributed by atoms with Crippen molar-refractivity contribution in [2.75, 3.05) is 32.8 Å². The van der Waals surface area contributed by atoms with Crippen LogP contribution in [0.4, 0.5) is 0 Å². The van der Waals surface area contributed by atoms with E-state index in [4.69, 9.17) is 4.74 Å². The molecule has 25 heavy (non-hydrogen) atoms. The minimum atomic E-state index is 0.0685. The Balaban J connectivity index is 1.41. The predicted molar refractivity (Wildman–Crippen MR) is 99.6 cm³/mol. The van der Waals surface area contributed by atoms with Crippen LogP contribution in [0.15, 0.2) is 54.6 Å². The molecule has 3 rings (SSSR count). The number of ether oxygens (including phenoxy) is 1. The van der Waals surface area contributed by atoms with Crippen molar-refractivity contribution in [3.8, 4) is 5.75 Å². The van der Waals surface area contributed by atoms with E-state index in [9.17, 15) is 4.79 Å². The first-order valence-electron chi connectivity index (χ1n) is 9.00. The summed E-state index contributed by atoms with van der Waals surface area (Å²) < 4.78 is 5.64. The molecule has 1 fully saturated rings. The number of nitrogens with zero attached hydrogens (tertiary/aromatic N) is 2. The molecule has 0 saturated carbocycles. The average Bonchev–Trinajstić information content (AvgIpc) is 2.68. The van der Waals surface area contributed by atoms with E-state index in [1.807, 2.05) is 35.2 Å². The first kappa shape index (κ1) is 17.5. The van der Waals surface area contributed by atoms with Crippen molar-refractivity contribution in [3.63, 3.8) is 0 Å². The van der Waals surface area contributed by atoms with Crippen LogP contribution >= 0.6 is 0 Å². The van der Waals surface area contributed by atoms with Gasteiger partial charge in [-0.1, -0.05) is 49.4 Å². The molecule has 0 radical (unpaired) electrons. The van der Waals surface area contributed by atoms with Gasteiger partial charge in [0.2, 0.25) is 0 Å². The predicted octanol–water partition coefficient (Wildman–Crippen LogP) is 2.97. The van der Waals surface area contributed by atoms with Gasteiger partial charge in [0.05, 0.1) is 0 Å². The molecule has 1 amide bonds. The van der Waals surface area contributed by atoms with E-state index in [1.54, 1.807) is 0 Å². The van der Waals surface area contributed by atoms with Gasteiger partial charge in [-0.05, 0) is 29.7 Å². The van der Waals surface area contributed by atoms with Gasteiger partial charge in [0, 0.05) is 32.7 Å². The van der Waals surface area contributed by atoms with Gasteiger partial charge in [0.1, 0.15) is 5.75 Å². The monoisotopic (exact) mass is 338 g/mol. The van der Waals surface area contributed by atoms with Crippen molar-refractivity contribution < 1.29 is 9.53 Å². The number of rotatable bonds is 6. The molecule has 0 bridgehead atoms. The number of hydrogen-bond donors (Lipinski definition) is 0. The van der Waals surface area contributed by atoms with Crippen LogP contribution in [-0.4, -0.2) is 48.5 Å². The fraction of sp³-hybridized carbons (Fsp3) is 0.381. The molecule has 0 aliphatic carbocycles. The van der Waals surface area contributed by atoms with Crippen LogP contribution in [0.5, 0.6) is 5.75 Å². The van der Waals surface area contributed by atoms with Crippen LogP contribution in [-0.2, 0) is 17.8 Å². The Bertz CT molecular complexity index is 662. The highest BCUT2D eigenvalue weighted by atomic mass is 16.5. The molecular formula is C21H26N2O2. The molecule has 2 aromatic rings. The summed E-state index contributed by atoms with van der Waals surface area (Å²) in [5.41, 5.74) is 2.59. The number of benzene rings is 2. The second-order valence-electron chi connectivity index (χ2n) is 6.43. The summed E-state index contributed by atoms with van der Waals surface area (Å²) in [6.45, 7) is 6.54. The van der Waals surface area contributed by atoms with Crippen LogP contribution in [0.3, 0.4) is 0 Å². The number of piperazine rings is 1. The summed E-state index contributed by atoms with van der Waals surface area (Å²) in [6.07, 6.45) is 1.01. The third-order valence-corrected chi connectivity index (χ3v) is 4.67. The second kappa shape index (κ2) is 8.67. The molecule has 4 heteroatoms. The number of carbonyl (C=O) groups is 1.